The molecule has 11 rings (SSSR count). The second-order valence-corrected chi connectivity index (χ2v) is 16.7. The van der Waals surface area contributed by atoms with E-state index in [0.717, 1.165) is 95.3 Å². The van der Waals surface area contributed by atoms with Crippen molar-refractivity contribution in [2.24, 2.45) is 7.05 Å². The first-order valence-electron chi connectivity index (χ1n) is 20.8. The molecular formula is C54H44BN3O2. The van der Waals surface area contributed by atoms with Crippen molar-refractivity contribution in [1.29, 1.82) is 0 Å². The Labute approximate surface area is 351 Å². The van der Waals surface area contributed by atoms with Gasteiger partial charge in [-0.1, -0.05) is 107 Å². The van der Waals surface area contributed by atoms with E-state index >= 15 is 0 Å². The molecule has 290 valence electrons. The maximum Gasteiger partial charge on any atom is 0.260 e. The highest BCUT2D eigenvalue weighted by molar-refractivity contribution is 6.98. The Hall–Kier alpha value is -7.18. The number of para-hydroxylation sites is 1. The molecule has 0 fully saturated rings. The SMILES string of the molecule is Cc1ccc(N(c2ccc(C)cc2)c2cc3c4c(c2)Oc2c(cc(N(c5ccc(C)cc5)c5ccc(C)cc5)c5c2c2ccccc2n5C)B4c2cc(C)ccc2O3)cc1. The van der Waals surface area contributed by atoms with Crippen LogP contribution in [0.2, 0.25) is 0 Å². The zero-order valence-electron chi connectivity index (χ0n) is 34.7. The molecule has 0 bridgehead atoms. The predicted octanol–water partition coefficient (Wildman–Crippen LogP) is 12.5. The van der Waals surface area contributed by atoms with Crippen LogP contribution in [0.1, 0.15) is 27.8 Å². The summed E-state index contributed by atoms with van der Waals surface area (Å²) in [7, 11) is 2.18. The molecule has 0 N–H and O–H groups in total. The molecule has 2 aliphatic heterocycles. The Bertz CT molecular complexity index is 3060. The number of aromatic nitrogens is 1. The zero-order chi connectivity index (χ0) is 40.8. The van der Waals surface area contributed by atoms with Gasteiger partial charge in [0.15, 0.2) is 0 Å². The van der Waals surface area contributed by atoms with Gasteiger partial charge in [-0.3, -0.25) is 0 Å². The van der Waals surface area contributed by atoms with Crippen LogP contribution in [-0.4, -0.2) is 11.3 Å². The van der Waals surface area contributed by atoms with Crippen molar-refractivity contribution >= 4 is 79.0 Å². The minimum Gasteiger partial charge on any atom is -0.458 e. The van der Waals surface area contributed by atoms with Crippen molar-refractivity contribution in [3.05, 3.63) is 186 Å². The van der Waals surface area contributed by atoms with Crippen molar-refractivity contribution in [3.63, 3.8) is 0 Å². The average molecular weight is 778 g/mol. The molecule has 0 saturated carbocycles. The number of hydrogen-bond acceptors (Lipinski definition) is 4. The molecule has 60 heavy (non-hydrogen) atoms. The van der Waals surface area contributed by atoms with E-state index in [4.69, 9.17) is 9.47 Å². The molecule has 0 aliphatic carbocycles. The fourth-order valence-electron chi connectivity index (χ4n) is 9.36. The quantitative estimate of drug-likeness (QED) is 0.157. The number of fused-ring (bicyclic) bond motifs is 8. The lowest BCUT2D eigenvalue weighted by atomic mass is 9.34. The fourth-order valence-corrected chi connectivity index (χ4v) is 9.36. The van der Waals surface area contributed by atoms with E-state index in [1.807, 2.05) is 0 Å². The van der Waals surface area contributed by atoms with Crippen molar-refractivity contribution in [2.75, 3.05) is 9.80 Å². The summed E-state index contributed by atoms with van der Waals surface area (Å²) in [4.78, 5) is 4.71. The first-order valence-corrected chi connectivity index (χ1v) is 20.8. The molecule has 2 aliphatic rings. The summed E-state index contributed by atoms with van der Waals surface area (Å²) >= 11 is 0. The van der Waals surface area contributed by atoms with Crippen LogP contribution in [0.15, 0.2) is 158 Å². The van der Waals surface area contributed by atoms with Gasteiger partial charge in [-0.05, 0) is 112 Å². The standard InChI is InChI=1S/C54H44BN3O2/c1-33-11-20-38(21-12-33)57(39-22-13-34(2)14-23-39)42-30-49-52-50(31-42)60-54-45(55(52)44-29-37(5)19-28-48(44)59-49)32-47(53-51(54)43-9-7-8-10-46(43)56(53)6)58(40-24-15-35(3)16-25-40)41-26-17-36(4)18-27-41/h7-32H,1-6H3. The number of rotatable bonds is 6. The van der Waals surface area contributed by atoms with E-state index in [0.29, 0.717) is 0 Å². The van der Waals surface area contributed by atoms with E-state index in [2.05, 4.69) is 214 Å². The number of ether oxygens (including phenoxy) is 2. The highest BCUT2D eigenvalue weighted by Crippen LogP contribution is 2.49. The van der Waals surface area contributed by atoms with Crippen LogP contribution >= 0.6 is 0 Å². The zero-order valence-corrected chi connectivity index (χ0v) is 34.7. The van der Waals surface area contributed by atoms with E-state index in [1.165, 1.54) is 27.8 Å². The molecule has 0 saturated heterocycles. The smallest absolute Gasteiger partial charge is 0.260 e. The third-order valence-electron chi connectivity index (χ3n) is 12.4. The van der Waals surface area contributed by atoms with E-state index in [9.17, 15) is 0 Å². The maximum absolute atomic E-state index is 7.44. The number of anilines is 6. The lowest BCUT2D eigenvalue weighted by Crippen LogP contribution is -2.57. The minimum atomic E-state index is -0.149. The Morgan fingerprint density at radius 3 is 1.52 bits per heavy atom. The molecule has 0 amide bonds. The molecule has 1 aromatic heterocycles. The maximum atomic E-state index is 7.44. The van der Waals surface area contributed by atoms with E-state index < -0.39 is 0 Å². The highest BCUT2D eigenvalue weighted by atomic mass is 16.5. The lowest BCUT2D eigenvalue weighted by Gasteiger charge is -2.36. The summed E-state index contributed by atoms with van der Waals surface area (Å²) < 4.78 is 16.8. The first kappa shape index (κ1) is 35.9. The highest BCUT2D eigenvalue weighted by Gasteiger charge is 2.43. The topological polar surface area (TPSA) is 29.9 Å². The van der Waals surface area contributed by atoms with Gasteiger partial charge in [-0.15, -0.1) is 0 Å². The monoisotopic (exact) mass is 777 g/mol. The minimum absolute atomic E-state index is 0.149. The second kappa shape index (κ2) is 13.7. The molecule has 0 unspecified atom stereocenters. The lowest BCUT2D eigenvalue weighted by molar-refractivity contribution is 0.467. The number of aryl methyl sites for hydroxylation is 6. The summed E-state index contributed by atoms with van der Waals surface area (Å²) in [5.74, 6) is 3.34. The van der Waals surface area contributed by atoms with Gasteiger partial charge < -0.3 is 23.8 Å². The van der Waals surface area contributed by atoms with Gasteiger partial charge in [0, 0.05) is 58.3 Å². The van der Waals surface area contributed by atoms with E-state index in [1.54, 1.807) is 0 Å². The van der Waals surface area contributed by atoms with Gasteiger partial charge in [-0.2, -0.15) is 0 Å². The van der Waals surface area contributed by atoms with Crippen LogP contribution < -0.4 is 35.7 Å². The van der Waals surface area contributed by atoms with Crippen LogP contribution in [0.25, 0.3) is 21.8 Å². The molecule has 0 spiro atoms. The summed E-state index contributed by atoms with van der Waals surface area (Å²) in [5, 5.41) is 2.25. The normalized spacial score (nSPS) is 12.4. The fraction of sp³-hybridized carbons (Fsp3) is 0.111. The molecule has 0 radical (unpaired) electrons. The molecule has 0 atom stereocenters. The molecule has 6 heteroatoms. The Kier molecular flexibility index (Phi) is 8.21. The number of nitrogens with zero attached hydrogens (tertiary/aromatic N) is 3. The van der Waals surface area contributed by atoms with Gasteiger partial charge in [0.05, 0.1) is 22.3 Å². The summed E-state index contributed by atoms with van der Waals surface area (Å²) in [6.07, 6.45) is 0. The Balaban J connectivity index is 1.22. The predicted molar refractivity (Wildman–Crippen MR) is 251 cm³/mol. The second-order valence-electron chi connectivity index (χ2n) is 16.7. The summed E-state index contributed by atoms with van der Waals surface area (Å²) in [6, 6.07) is 57.3. The third kappa shape index (κ3) is 5.70. The first-order chi connectivity index (χ1) is 29.2. The largest absolute Gasteiger partial charge is 0.458 e. The molecule has 9 aromatic rings. The Morgan fingerprint density at radius 2 is 0.950 bits per heavy atom. The summed E-state index contributed by atoms with van der Waals surface area (Å²) in [5.41, 5.74) is 17.9. The van der Waals surface area contributed by atoms with E-state index in [-0.39, 0.29) is 6.71 Å². The average Bonchev–Trinajstić information content (AvgIpc) is 3.56. The van der Waals surface area contributed by atoms with Crippen LogP contribution in [0.3, 0.4) is 0 Å². The van der Waals surface area contributed by atoms with Gasteiger partial charge in [0.25, 0.3) is 6.71 Å². The molecule has 5 nitrogen and oxygen atoms in total. The van der Waals surface area contributed by atoms with Gasteiger partial charge in [0.1, 0.15) is 23.0 Å². The van der Waals surface area contributed by atoms with Crippen molar-refractivity contribution in [2.45, 2.75) is 34.6 Å². The van der Waals surface area contributed by atoms with Crippen LogP contribution in [-0.2, 0) is 7.05 Å². The third-order valence-corrected chi connectivity index (χ3v) is 12.4. The van der Waals surface area contributed by atoms with Crippen molar-refractivity contribution < 1.29 is 9.47 Å². The van der Waals surface area contributed by atoms with Crippen LogP contribution in [0, 0.1) is 34.6 Å². The number of hydrogen-bond donors (Lipinski definition) is 0. The molecule has 8 aromatic carbocycles. The van der Waals surface area contributed by atoms with Gasteiger partial charge in [0.2, 0.25) is 0 Å². The van der Waals surface area contributed by atoms with Gasteiger partial charge >= 0.3 is 0 Å². The molecular weight excluding hydrogens is 733 g/mol. The van der Waals surface area contributed by atoms with Crippen LogP contribution in [0.5, 0.6) is 23.0 Å². The van der Waals surface area contributed by atoms with Crippen molar-refractivity contribution in [3.8, 4) is 23.0 Å². The van der Waals surface area contributed by atoms with Crippen molar-refractivity contribution in [1.82, 2.24) is 4.57 Å². The number of benzene rings is 8. The summed E-state index contributed by atoms with van der Waals surface area (Å²) in [6.45, 7) is 10.6. The van der Waals surface area contributed by atoms with Gasteiger partial charge in [-0.25, -0.2) is 0 Å². The molecule has 3 heterocycles. The Morgan fingerprint density at radius 1 is 0.450 bits per heavy atom. The van der Waals surface area contributed by atoms with Crippen LogP contribution in [0.4, 0.5) is 34.1 Å².